The number of carbonyl (C=O) groups excluding carboxylic acids is 1. The van der Waals surface area contributed by atoms with E-state index >= 15 is 0 Å². The highest BCUT2D eigenvalue weighted by atomic mass is 32.2. The smallest absolute Gasteiger partial charge is 0.240 e. The quantitative estimate of drug-likeness (QED) is 0.840. The average Bonchev–Trinajstić information content (AvgIpc) is 2.53. The van der Waals surface area contributed by atoms with Crippen molar-refractivity contribution in [2.45, 2.75) is 25.3 Å². The van der Waals surface area contributed by atoms with Crippen LogP contribution in [0.2, 0.25) is 0 Å². The van der Waals surface area contributed by atoms with E-state index in [4.69, 9.17) is 4.74 Å². The van der Waals surface area contributed by atoms with Gasteiger partial charge in [0.05, 0.1) is 12.0 Å². The van der Waals surface area contributed by atoms with Crippen molar-refractivity contribution in [2.24, 2.45) is 0 Å². The van der Waals surface area contributed by atoms with Crippen LogP contribution in [-0.4, -0.2) is 21.4 Å². The molecular formula is C17H20N2O4S. The minimum absolute atomic E-state index is 0.141. The third kappa shape index (κ3) is 4.56. The second kappa shape index (κ2) is 7.46. The van der Waals surface area contributed by atoms with E-state index in [-0.39, 0.29) is 17.3 Å². The highest BCUT2D eigenvalue weighted by Crippen LogP contribution is 2.19. The number of nitrogens with one attached hydrogen (secondary N) is 2. The Labute approximate surface area is 141 Å². The minimum atomic E-state index is -3.63. The number of benzene rings is 2. The predicted octanol–water partition coefficient (Wildman–Crippen LogP) is 2.44. The zero-order chi connectivity index (χ0) is 17.7. The molecule has 0 atom stereocenters. The number of hydrogen-bond donors (Lipinski definition) is 2. The molecule has 0 aliphatic rings. The van der Waals surface area contributed by atoms with Crippen molar-refractivity contribution in [1.82, 2.24) is 4.72 Å². The fourth-order valence-electron chi connectivity index (χ4n) is 2.23. The normalized spacial score (nSPS) is 11.1. The van der Waals surface area contributed by atoms with E-state index in [1.54, 1.807) is 25.3 Å². The highest BCUT2D eigenvalue weighted by molar-refractivity contribution is 7.89. The molecule has 24 heavy (non-hydrogen) atoms. The topological polar surface area (TPSA) is 84.5 Å². The Kier molecular flexibility index (Phi) is 5.58. The lowest BCUT2D eigenvalue weighted by Crippen LogP contribution is -2.23. The fourth-order valence-corrected chi connectivity index (χ4v) is 3.25. The first-order chi connectivity index (χ1) is 11.3. The largest absolute Gasteiger partial charge is 0.496 e. The Morgan fingerprint density at radius 1 is 1.12 bits per heavy atom. The van der Waals surface area contributed by atoms with Gasteiger partial charge >= 0.3 is 0 Å². The molecule has 0 saturated heterocycles. The maximum Gasteiger partial charge on any atom is 0.240 e. The highest BCUT2D eigenvalue weighted by Gasteiger charge is 2.14. The van der Waals surface area contributed by atoms with Crippen LogP contribution in [0.15, 0.2) is 47.4 Å². The SMILES string of the molecule is COc1ccc(CNS(=O)(=O)c2ccc(NC(C)=O)cc2)cc1C. The van der Waals surface area contributed by atoms with Gasteiger partial charge in [0.1, 0.15) is 5.75 Å². The number of anilines is 1. The molecule has 0 bridgehead atoms. The Morgan fingerprint density at radius 3 is 2.33 bits per heavy atom. The zero-order valence-corrected chi connectivity index (χ0v) is 14.6. The minimum Gasteiger partial charge on any atom is -0.496 e. The van der Waals surface area contributed by atoms with Crippen LogP contribution in [0.1, 0.15) is 18.1 Å². The number of carbonyl (C=O) groups is 1. The number of methoxy groups -OCH3 is 1. The molecule has 0 aromatic heterocycles. The van der Waals surface area contributed by atoms with E-state index < -0.39 is 10.0 Å². The second-order valence-electron chi connectivity index (χ2n) is 5.33. The number of sulfonamides is 1. The van der Waals surface area contributed by atoms with Gasteiger partial charge in [-0.05, 0) is 48.4 Å². The second-order valence-corrected chi connectivity index (χ2v) is 7.10. The average molecular weight is 348 g/mol. The zero-order valence-electron chi connectivity index (χ0n) is 13.8. The summed E-state index contributed by atoms with van der Waals surface area (Å²) in [4.78, 5) is 11.1. The third-order valence-corrected chi connectivity index (χ3v) is 4.83. The van der Waals surface area contributed by atoms with Crippen LogP contribution in [0.3, 0.4) is 0 Å². The lowest BCUT2D eigenvalue weighted by atomic mass is 10.1. The Hall–Kier alpha value is -2.38. The molecule has 0 aliphatic carbocycles. The van der Waals surface area contributed by atoms with Crippen LogP contribution in [0.25, 0.3) is 0 Å². The summed E-state index contributed by atoms with van der Waals surface area (Å²) in [6.45, 7) is 3.47. The molecule has 0 unspecified atom stereocenters. The van der Waals surface area contributed by atoms with Crippen LogP contribution in [-0.2, 0) is 21.4 Å². The summed E-state index contributed by atoms with van der Waals surface area (Å²) in [7, 11) is -2.03. The standard InChI is InChI=1S/C17H20N2O4S/c1-12-10-14(4-9-17(12)23-3)11-18-24(21,22)16-7-5-15(6-8-16)19-13(2)20/h4-10,18H,11H2,1-3H3,(H,19,20). The van der Waals surface area contributed by atoms with Gasteiger partial charge in [0.25, 0.3) is 0 Å². The molecule has 0 radical (unpaired) electrons. The van der Waals surface area contributed by atoms with Gasteiger partial charge in [-0.15, -0.1) is 0 Å². The number of aryl methyl sites for hydroxylation is 1. The third-order valence-electron chi connectivity index (χ3n) is 3.41. The van der Waals surface area contributed by atoms with Gasteiger partial charge < -0.3 is 10.1 Å². The van der Waals surface area contributed by atoms with Crippen molar-refractivity contribution in [2.75, 3.05) is 12.4 Å². The van der Waals surface area contributed by atoms with Crippen LogP contribution >= 0.6 is 0 Å². The summed E-state index contributed by atoms with van der Waals surface area (Å²) in [6, 6.07) is 11.5. The van der Waals surface area contributed by atoms with Crippen molar-refractivity contribution >= 4 is 21.6 Å². The fraction of sp³-hybridized carbons (Fsp3) is 0.235. The number of amides is 1. The van der Waals surface area contributed by atoms with E-state index in [0.717, 1.165) is 16.9 Å². The van der Waals surface area contributed by atoms with Crippen LogP contribution in [0.5, 0.6) is 5.75 Å². The van der Waals surface area contributed by atoms with Crippen molar-refractivity contribution in [3.8, 4) is 5.75 Å². The van der Waals surface area contributed by atoms with Gasteiger partial charge in [-0.1, -0.05) is 12.1 Å². The lowest BCUT2D eigenvalue weighted by Gasteiger charge is -2.10. The van der Waals surface area contributed by atoms with Crippen LogP contribution < -0.4 is 14.8 Å². The monoisotopic (exact) mass is 348 g/mol. The van der Waals surface area contributed by atoms with E-state index in [2.05, 4.69) is 10.0 Å². The van der Waals surface area contributed by atoms with E-state index in [1.807, 2.05) is 19.1 Å². The van der Waals surface area contributed by atoms with Gasteiger partial charge in [-0.25, -0.2) is 13.1 Å². The van der Waals surface area contributed by atoms with Crippen LogP contribution in [0, 0.1) is 6.92 Å². The molecule has 0 spiro atoms. The summed E-state index contributed by atoms with van der Waals surface area (Å²) < 4.78 is 32.4. The predicted molar refractivity (Wildman–Crippen MR) is 92.5 cm³/mol. The van der Waals surface area contributed by atoms with E-state index in [1.165, 1.54) is 19.1 Å². The van der Waals surface area contributed by atoms with Crippen molar-refractivity contribution in [3.63, 3.8) is 0 Å². The first-order valence-electron chi connectivity index (χ1n) is 7.32. The summed E-state index contributed by atoms with van der Waals surface area (Å²) in [5.41, 5.74) is 2.33. The summed E-state index contributed by atoms with van der Waals surface area (Å²) in [5.74, 6) is 0.550. The molecule has 6 nitrogen and oxygen atoms in total. The molecule has 2 rings (SSSR count). The molecule has 2 aromatic rings. The van der Waals surface area contributed by atoms with Crippen molar-refractivity contribution in [3.05, 3.63) is 53.6 Å². The first kappa shape index (κ1) is 18.0. The Morgan fingerprint density at radius 2 is 1.79 bits per heavy atom. The number of hydrogen-bond acceptors (Lipinski definition) is 4. The van der Waals surface area contributed by atoms with Crippen molar-refractivity contribution in [1.29, 1.82) is 0 Å². The molecular weight excluding hydrogens is 328 g/mol. The number of rotatable bonds is 6. The van der Waals surface area contributed by atoms with E-state index in [0.29, 0.717) is 5.69 Å². The maximum atomic E-state index is 12.3. The molecule has 0 fully saturated rings. The molecule has 0 aliphatic heterocycles. The summed E-state index contributed by atoms with van der Waals surface area (Å²) in [6.07, 6.45) is 0. The summed E-state index contributed by atoms with van der Waals surface area (Å²) >= 11 is 0. The molecule has 0 heterocycles. The molecule has 1 amide bonds. The van der Waals surface area contributed by atoms with Crippen molar-refractivity contribution < 1.29 is 17.9 Å². The Balaban J connectivity index is 2.08. The van der Waals surface area contributed by atoms with Gasteiger partial charge in [0.2, 0.25) is 15.9 Å². The van der Waals surface area contributed by atoms with Crippen LogP contribution in [0.4, 0.5) is 5.69 Å². The van der Waals surface area contributed by atoms with Gasteiger partial charge in [-0.3, -0.25) is 4.79 Å². The van der Waals surface area contributed by atoms with Gasteiger partial charge in [-0.2, -0.15) is 0 Å². The molecule has 2 aromatic carbocycles. The van der Waals surface area contributed by atoms with E-state index in [9.17, 15) is 13.2 Å². The number of ether oxygens (including phenoxy) is 1. The molecule has 128 valence electrons. The first-order valence-corrected chi connectivity index (χ1v) is 8.81. The summed E-state index contributed by atoms with van der Waals surface area (Å²) in [5, 5.41) is 2.59. The molecule has 0 saturated carbocycles. The molecule has 2 N–H and O–H groups in total. The van der Waals surface area contributed by atoms with Gasteiger partial charge in [0.15, 0.2) is 0 Å². The Bertz CT molecular complexity index is 830. The molecule has 7 heteroatoms. The van der Waals surface area contributed by atoms with Gasteiger partial charge in [0, 0.05) is 19.2 Å². The maximum absolute atomic E-state index is 12.3. The lowest BCUT2D eigenvalue weighted by molar-refractivity contribution is -0.114.